The molecule has 0 saturated carbocycles. The fraction of sp³-hybridized carbons (Fsp3) is 1.00. The van der Waals surface area contributed by atoms with Gasteiger partial charge in [-0.25, -0.2) is 0 Å². The highest BCUT2D eigenvalue weighted by Gasteiger charge is 2.13. The lowest BCUT2D eigenvalue weighted by molar-refractivity contribution is 0.0153. The maximum atomic E-state index is 5.28. The second-order valence-electron chi connectivity index (χ2n) is 2.98. The molecule has 0 aliphatic heterocycles. The molecule has 0 radical (unpaired) electrons. The topological polar surface area (TPSA) is 18.5 Å². The molecule has 2 atom stereocenters. The summed E-state index contributed by atoms with van der Waals surface area (Å²) in [4.78, 5) is 0. The molecule has 0 aliphatic rings. The molecule has 0 rings (SSSR count). The summed E-state index contributed by atoms with van der Waals surface area (Å²) in [6.45, 7) is 2.89. The summed E-state index contributed by atoms with van der Waals surface area (Å²) < 4.78 is 10.3. The molecule has 0 aliphatic carbocycles. The van der Waals surface area contributed by atoms with Gasteiger partial charge in [-0.2, -0.15) is 0 Å². The molecule has 0 aromatic heterocycles. The highest BCUT2D eigenvalue weighted by atomic mass is 79.9. The normalized spacial score (nSPS) is 16.0. The van der Waals surface area contributed by atoms with Crippen LogP contribution in [0.4, 0.5) is 0 Å². The average Bonchev–Trinajstić information content (AvgIpc) is 2.12. The van der Waals surface area contributed by atoms with E-state index < -0.39 is 0 Å². The van der Waals surface area contributed by atoms with Crippen molar-refractivity contribution in [1.29, 1.82) is 0 Å². The second-order valence-corrected chi connectivity index (χ2v) is 3.62. The Labute approximate surface area is 83.8 Å². The van der Waals surface area contributed by atoms with Crippen LogP contribution in [0.3, 0.4) is 0 Å². The summed E-state index contributed by atoms with van der Waals surface area (Å²) in [5.41, 5.74) is 0. The molecule has 0 spiro atoms. The van der Waals surface area contributed by atoms with Crippen LogP contribution in [0.5, 0.6) is 0 Å². The third-order valence-corrected chi connectivity index (χ3v) is 2.99. The summed E-state index contributed by atoms with van der Waals surface area (Å²) in [5, 5.41) is 1.05. The first kappa shape index (κ1) is 12.4. The van der Waals surface area contributed by atoms with Crippen molar-refractivity contribution >= 4 is 15.9 Å². The second kappa shape index (κ2) is 8.02. The lowest BCUT2D eigenvalue weighted by Crippen LogP contribution is -2.21. The van der Waals surface area contributed by atoms with Crippen LogP contribution in [-0.4, -0.2) is 32.3 Å². The Morgan fingerprint density at radius 3 is 2.33 bits per heavy atom. The molecule has 2 unspecified atom stereocenters. The molecule has 12 heavy (non-hydrogen) atoms. The number of hydrogen-bond donors (Lipinski definition) is 0. The van der Waals surface area contributed by atoms with Crippen LogP contribution < -0.4 is 0 Å². The van der Waals surface area contributed by atoms with Crippen LogP contribution >= 0.6 is 15.9 Å². The van der Waals surface area contributed by atoms with E-state index >= 15 is 0 Å². The number of hydrogen-bond acceptors (Lipinski definition) is 2. The van der Waals surface area contributed by atoms with Crippen LogP contribution in [0.2, 0.25) is 0 Å². The molecule has 0 amide bonds. The van der Waals surface area contributed by atoms with E-state index in [2.05, 4.69) is 22.9 Å². The van der Waals surface area contributed by atoms with Crippen molar-refractivity contribution in [2.45, 2.75) is 25.9 Å². The van der Waals surface area contributed by atoms with E-state index in [1.54, 1.807) is 14.2 Å². The van der Waals surface area contributed by atoms with Crippen LogP contribution in [-0.2, 0) is 9.47 Å². The van der Waals surface area contributed by atoms with Crippen molar-refractivity contribution in [3.63, 3.8) is 0 Å². The zero-order chi connectivity index (χ0) is 9.40. The number of alkyl halides is 1. The van der Waals surface area contributed by atoms with Crippen molar-refractivity contribution in [2.75, 3.05) is 26.2 Å². The quantitative estimate of drug-likeness (QED) is 0.635. The van der Waals surface area contributed by atoms with Gasteiger partial charge in [0.05, 0.1) is 12.7 Å². The van der Waals surface area contributed by atoms with Gasteiger partial charge in [0.2, 0.25) is 0 Å². The van der Waals surface area contributed by atoms with Gasteiger partial charge in [-0.1, -0.05) is 29.3 Å². The van der Waals surface area contributed by atoms with Crippen LogP contribution in [0.1, 0.15) is 19.8 Å². The van der Waals surface area contributed by atoms with E-state index in [4.69, 9.17) is 9.47 Å². The Kier molecular flexibility index (Phi) is 8.29. The Morgan fingerprint density at radius 1 is 1.33 bits per heavy atom. The third-order valence-electron chi connectivity index (χ3n) is 2.08. The summed E-state index contributed by atoms with van der Waals surface area (Å²) >= 11 is 3.49. The van der Waals surface area contributed by atoms with Gasteiger partial charge in [0, 0.05) is 19.5 Å². The number of ether oxygens (including phenoxy) is 2. The lowest BCUT2D eigenvalue weighted by Gasteiger charge is -2.19. The van der Waals surface area contributed by atoms with Crippen LogP contribution in [0, 0.1) is 5.92 Å². The van der Waals surface area contributed by atoms with Crippen LogP contribution in [0.15, 0.2) is 0 Å². The Bertz CT molecular complexity index is 94.5. The Hall–Kier alpha value is 0.400. The first-order valence-corrected chi connectivity index (χ1v) is 5.48. The minimum absolute atomic E-state index is 0.248. The minimum Gasteiger partial charge on any atom is -0.382 e. The molecular formula is C9H19BrO2. The molecule has 0 aromatic rings. The van der Waals surface area contributed by atoms with Gasteiger partial charge in [0.25, 0.3) is 0 Å². The van der Waals surface area contributed by atoms with E-state index in [-0.39, 0.29) is 6.10 Å². The summed E-state index contributed by atoms with van der Waals surface area (Å²) in [7, 11) is 3.45. The molecule has 2 nitrogen and oxygen atoms in total. The highest BCUT2D eigenvalue weighted by molar-refractivity contribution is 9.09. The highest BCUT2D eigenvalue weighted by Crippen LogP contribution is 2.15. The molecule has 0 fully saturated rings. The van der Waals surface area contributed by atoms with E-state index in [1.807, 2.05) is 0 Å². The van der Waals surface area contributed by atoms with E-state index in [0.717, 1.165) is 11.8 Å². The van der Waals surface area contributed by atoms with Gasteiger partial charge in [-0.15, -0.1) is 0 Å². The molecular weight excluding hydrogens is 220 g/mol. The van der Waals surface area contributed by atoms with Gasteiger partial charge in [-0.05, 0) is 12.3 Å². The van der Waals surface area contributed by atoms with E-state index in [0.29, 0.717) is 12.5 Å². The molecule has 3 heteroatoms. The largest absolute Gasteiger partial charge is 0.382 e. The molecule has 0 aromatic carbocycles. The molecule has 0 N–H and O–H groups in total. The van der Waals surface area contributed by atoms with Gasteiger partial charge >= 0.3 is 0 Å². The van der Waals surface area contributed by atoms with Gasteiger partial charge in [0.15, 0.2) is 0 Å². The maximum Gasteiger partial charge on any atom is 0.0807 e. The molecule has 0 heterocycles. The number of rotatable bonds is 7. The van der Waals surface area contributed by atoms with Crippen molar-refractivity contribution in [3.05, 3.63) is 0 Å². The summed E-state index contributed by atoms with van der Waals surface area (Å²) in [6.07, 6.45) is 2.51. The number of halogens is 1. The molecule has 74 valence electrons. The Balaban J connectivity index is 3.65. The maximum absolute atomic E-state index is 5.28. The first-order chi connectivity index (χ1) is 5.78. The van der Waals surface area contributed by atoms with E-state index in [9.17, 15) is 0 Å². The van der Waals surface area contributed by atoms with Gasteiger partial charge in [0.1, 0.15) is 0 Å². The Morgan fingerprint density at radius 2 is 2.00 bits per heavy atom. The fourth-order valence-electron chi connectivity index (χ4n) is 1.13. The first-order valence-electron chi connectivity index (χ1n) is 4.36. The van der Waals surface area contributed by atoms with E-state index in [1.165, 1.54) is 6.42 Å². The zero-order valence-corrected chi connectivity index (χ0v) is 9.76. The smallest absolute Gasteiger partial charge is 0.0807 e. The molecule has 0 bridgehead atoms. The lowest BCUT2D eigenvalue weighted by atomic mass is 10.0. The van der Waals surface area contributed by atoms with Crippen molar-refractivity contribution < 1.29 is 9.47 Å². The fourth-order valence-corrected chi connectivity index (χ4v) is 1.85. The summed E-state index contributed by atoms with van der Waals surface area (Å²) in [6, 6.07) is 0. The van der Waals surface area contributed by atoms with Crippen molar-refractivity contribution in [3.8, 4) is 0 Å². The average molecular weight is 239 g/mol. The predicted molar refractivity (Wildman–Crippen MR) is 54.9 cm³/mol. The standard InChI is InChI=1S/C9H19BrO2/c1-4-8(6-10)5-9(12-3)7-11-2/h8-9H,4-7H2,1-3H3. The summed E-state index contributed by atoms with van der Waals surface area (Å²) in [5.74, 6) is 0.699. The molecule has 0 saturated heterocycles. The number of methoxy groups -OCH3 is 2. The van der Waals surface area contributed by atoms with Gasteiger partial charge in [-0.3, -0.25) is 0 Å². The minimum atomic E-state index is 0.248. The van der Waals surface area contributed by atoms with Crippen LogP contribution in [0.25, 0.3) is 0 Å². The van der Waals surface area contributed by atoms with Crippen molar-refractivity contribution in [2.24, 2.45) is 5.92 Å². The zero-order valence-electron chi connectivity index (χ0n) is 8.18. The van der Waals surface area contributed by atoms with Gasteiger partial charge < -0.3 is 9.47 Å². The SMILES string of the molecule is CCC(CBr)CC(COC)OC. The predicted octanol–water partition coefficient (Wildman–Crippen LogP) is 2.46. The third kappa shape index (κ3) is 5.12. The van der Waals surface area contributed by atoms with Crippen molar-refractivity contribution in [1.82, 2.24) is 0 Å². The monoisotopic (exact) mass is 238 g/mol.